The van der Waals surface area contributed by atoms with E-state index in [1.807, 2.05) is 0 Å². The maximum Gasteiger partial charge on any atom is 0.417 e. The molecule has 1 saturated heterocycles. The van der Waals surface area contributed by atoms with E-state index < -0.39 is 11.7 Å². The molecule has 1 aliphatic rings. The molecule has 0 unspecified atom stereocenters. The zero-order valence-corrected chi connectivity index (χ0v) is 16.8. The summed E-state index contributed by atoms with van der Waals surface area (Å²) in [4.78, 5) is 2.25. The van der Waals surface area contributed by atoms with E-state index in [9.17, 15) is 13.2 Å². The van der Waals surface area contributed by atoms with Gasteiger partial charge in [-0.25, -0.2) is 0 Å². The zero-order valence-electron chi connectivity index (χ0n) is 14.4. The van der Waals surface area contributed by atoms with Gasteiger partial charge >= 0.3 is 6.18 Å². The van der Waals surface area contributed by atoms with Crippen LogP contribution in [0.2, 0.25) is 5.02 Å². The highest BCUT2D eigenvalue weighted by atomic mass is 35.5. The molecule has 1 fully saturated rings. The molecule has 146 valence electrons. The quantitative estimate of drug-likeness (QED) is 0.667. The molecule has 1 aromatic rings. The van der Waals surface area contributed by atoms with E-state index in [0.29, 0.717) is 11.5 Å². The van der Waals surface area contributed by atoms with Crippen LogP contribution in [-0.2, 0) is 6.18 Å². The van der Waals surface area contributed by atoms with Crippen molar-refractivity contribution < 1.29 is 13.2 Å². The lowest BCUT2D eigenvalue weighted by Crippen LogP contribution is -2.45. The van der Waals surface area contributed by atoms with Crippen molar-refractivity contribution >= 4 is 36.4 Å². The molecule has 2 nitrogen and oxygen atoms in total. The number of nitrogens with zero attached hydrogens (tertiary/aromatic N) is 1. The Hall–Kier alpha value is -0.200. The van der Waals surface area contributed by atoms with Crippen molar-refractivity contribution in [2.45, 2.75) is 38.9 Å². The molecule has 1 aliphatic heterocycles. The maximum atomic E-state index is 13.1. The Morgan fingerprint density at radius 1 is 1.12 bits per heavy atom. The third-order valence-corrected chi connectivity index (χ3v) is 4.72. The van der Waals surface area contributed by atoms with Crippen LogP contribution in [-0.4, -0.2) is 31.1 Å². The average molecular weight is 422 g/mol. The normalized spacial score (nSPS) is 16.9. The second-order valence-corrected chi connectivity index (χ2v) is 6.86. The first kappa shape index (κ1) is 24.8. The highest BCUT2D eigenvalue weighted by molar-refractivity contribution is 6.32. The number of benzene rings is 1. The minimum atomic E-state index is -4.42. The van der Waals surface area contributed by atoms with Gasteiger partial charge in [0.1, 0.15) is 0 Å². The van der Waals surface area contributed by atoms with Gasteiger partial charge < -0.3 is 5.32 Å². The summed E-state index contributed by atoms with van der Waals surface area (Å²) in [6.07, 6.45) is -2.64. The highest BCUT2D eigenvalue weighted by Crippen LogP contribution is 2.40. The molecule has 0 radical (unpaired) electrons. The highest BCUT2D eigenvalue weighted by Gasteiger charge is 2.35. The first-order valence-corrected chi connectivity index (χ1v) is 8.49. The van der Waals surface area contributed by atoms with Gasteiger partial charge in [-0.15, -0.1) is 24.8 Å². The lowest BCUT2D eigenvalue weighted by molar-refractivity contribution is -0.137. The Morgan fingerprint density at radius 2 is 1.72 bits per heavy atom. The van der Waals surface area contributed by atoms with Crippen molar-refractivity contribution in [1.29, 1.82) is 0 Å². The van der Waals surface area contributed by atoms with Gasteiger partial charge in [0.25, 0.3) is 0 Å². The lowest BCUT2D eigenvalue weighted by atomic mass is 9.94. The topological polar surface area (TPSA) is 15.3 Å². The molecule has 0 aliphatic carbocycles. The second kappa shape index (κ2) is 10.8. The predicted octanol–water partition coefficient (Wildman–Crippen LogP) is 5.58. The van der Waals surface area contributed by atoms with Crippen molar-refractivity contribution in [3.05, 3.63) is 34.3 Å². The Kier molecular flexibility index (Phi) is 10.7. The SMILES string of the molecule is CC(C)CC[C@H](c1cccc(C(F)(F)F)c1Cl)N1CCNCC1.Cl.Cl. The van der Waals surface area contributed by atoms with Crippen LogP contribution in [0.3, 0.4) is 0 Å². The van der Waals surface area contributed by atoms with Crippen molar-refractivity contribution in [3.63, 3.8) is 0 Å². The first-order valence-electron chi connectivity index (χ1n) is 8.11. The number of hydrogen-bond acceptors (Lipinski definition) is 2. The molecule has 1 aromatic carbocycles. The van der Waals surface area contributed by atoms with Crippen LogP contribution in [0.25, 0.3) is 0 Å². The molecule has 1 atom stereocenters. The predicted molar refractivity (Wildman–Crippen MR) is 102 cm³/mol. The first-order chi connectivity index (χ1) is 10.8. The van der Waals surface area contributed by atoms with Gasteiger partial charge in [0, 0.05) is 32.2 Å². The molecule has 2 rings (SSSR count). The van der Waals surface area contributed by atoms with Crippen LogP contribution in [0.1, 0.15) is 43.9 Å². The lowest BCUT2D eigenvalue weighted by Gasteiger charge is -2.36. The molecule has 0 amide bonds. The summed E-state index contributed by atoms with van der Waals surface area (Å²) >= 11 is 6.16. The number of alkyl halides is 3. The van der Waals surface area contributed by atoms with Crippen molar-refractivity contribution in [2.24, 2.45) is 5.92 Å². The molecule has 25 heavy (non-hydrogen) atoms. The Labute approximate surface area is 165 Å². The number of rotatable bonds is 5. The van der Waals surface area contributed by atoms with E-state index in [-0.39, 0.29) is 35.9 Å². The molecule has 0 aromatic heterocycles. The molecule has 0 saturated carbocycles. The van der Waals surface area contributed by atoms with Crippen molar-refractivity contribution in [1.82, 2.24) is 10.2 Å². The van der Waals surface area contributed by atoms with Gasteiger partial charge in [0.05, 0.1) is 10.6 Å². The monoisotopic (exact) mass is 420 g/mol. The summed E-state index contributed by atoms with van der Waals surface area (Å²) in [5, 5.41) is 3.14. The van der Waals surface area contributed by atoms with E-state index in [0.717, 1.165) is 45.1 Å². The zero-order chi connectivity index (χ0) is 17.0. The van der Waals surface area contributed by atoms with Gasteiger partial charge in [0.15, 0.2) is 0 Å². The minimum absolute atomic E-state index is 0. The Balaban J connectivity index is 0.00000288. The van der Waals surface area contributed by atoms with E-state index >= 15 is 0 Å². The molecular formula is C17H26Cl3F3N2. The number of halogens is 6. The summed E-state index contributed by atoms with van der Waals surface area (Å²) in [5.41, 5.74) is -0.134. The van der Waals surface area contributed by atoms with Crippen molar-refractivity contribution in [2.75, 3.05) is 26.2 Å². The van der Waals surface area contributed by atoms with E-state index in [4.69, 9.17) is 11.6 Å². The van der Waals surface area contributed by atoms with Gasteiger partial charge in [-0.3, -0.25) is 4.90 Å². The number of hydrogen-bond donors (Lipinski definition) is 1. The van der Waals surface area contributed by atoms with E-state index in [1.54, 1.807) is 6.07 Å². The molecule has 1 N–H and O–H groups in total. The van der Waals surface area contributed by atoms with Crippen LogP contribution in [0, 0.1) is 5.92 Å². The van der Waals surface area contributed by atoms with Gasteiger partial charge in [0.2, 0.25) is 0 Å². The molecule has 1 heterocycles. The fourth-order valence-electron chi connectivity index (χ4n) is 3.05. The summed E-state index contributed by atoms with van der Waals surface area (Å²) in [6.45, 7) is 7.62. The molecule has 0 bridgehead atoms. The number of piperazine rings is 1. The third-order valence-electron chi connectivity index (χ3n) is 4.30. The minimum Gasteiger partial charge on any atom is -0.314 e. The standard InChI is InChI=1S/C17H24ClF3N2.2ClH/c1-12(2)6-7-15(23-10-8-22-9-11-23)13-4-3-5-14(16(13)18)17(19,20)21;;/h3-5,12,15,22H,6-11H2,1-2H3;2*1H/t15-;;/m1../s1. The fraction of sp³-hybridized carbons (Fsp3) is 0.647. The Bertz CT molecular complexity index is 518. The van der Waals surface area contributed by atoms with Crippen LogP contribution < -0.4 is 5.32 Å². The molecular weight excluding hydrogens is 396 g/mol. The van der Waals surface area contributed by atoms with Crippen LogP contribution in [0.4, 0.5) is 13.2 Å². The summed E-state index contributed by atoms with van der Waals surface area (Å²) < 4.78 is 39.4. The van der Waals surface area contributed by atoms with Crippen LogP contribution in [0.5, 0.6) is 0 Å². The van der Waals surface area contributed by atoms with Gasteiger partial charge in [-0.2, -0.15) is 13.2 Å². The van der Waals surface area contributed by atoms with Crippen molar-refractivity contribution in [3.8, 4) is 0 Å². The Morgan fingerprint density at radius 3 is 2.24 bits per heavy atom. The maximum absolute atomic E-state index is 13.1. The van der Waals surface area contributed by atoms with E-state index in [2.05, 4.69) is 24.1 Å². The number of nitrogens with one attached hydrogen (secondary N) is 1. The second-order valence-electron chi connectivity index (χ2n) is 6.48. The van der Waals surface area contributed by atoms with Crippen LogP contribution in [0.15, 0.2) is 18.2 Å². The summed E-state index contributed by atoms with van der Waals surface area (Å²) in [6, 6.07) is 4.21. The fourth-order valence-corrected chi connectivity index (χ4v) is 3.40. The molecule has 0 spiro atoms. The summed E-state index contributed by atoms with van der Waals surface area (Å²) in [7, 11) is 0. The van der Waals surface area contributed by atoms with Crippen LogP contribution >= 0.6 is 36.4 Å². The van der Waals surface area contributed by atoms with Gasteiger partial charge in [-0.05, 0) is 30.4 Å². The largest absolute Gasteiger partial charge is 0.417 e. The van der Waals surface area contributed by atoms with Gasteiger partial charge in [-0.1, -0.05) is 37.6 Å². The summed E-state index contributed by atoms with van der Waals surface area (Å²) in [5.74, 6) is 0.505. The average Bonchev–Trinajstić information content (AvgIpc) is 2.48. The smallest absolute Gasteiger partial charge is 0.314 e. The van der Waals surface area contributed by atoms with E-state index in [1.165, 1.54) is 6.07 Å². The third kappa shape index (κ3) is 6.79. The molecule has 8 heteroatoms.